The molecule has 18 heavy (non-hydrogen) atoms. The Labute approximate surface area is 101 Å². The molecule has 0 atom stereocenters. The minimum absolute atomic E-state index is 0.0138. The number of halogens is 1. The van der Waals surface area contributed by atoms with Crippen LogP contribution in [-0.2, 0) is 4.74 Å². The van der Waals surface area contributed by atoms with Crippen molar-refractivity contribution in [2.24, 2.45) is 0 Å². The molecule has 0 aliphatic carbocycles. The van der Waals surface area contributed by atoms with Gasteiger partial charge in [0.05, 0.1) is 22.4 Å². The maximum absolute atomic E-state index is 13.5. The first-order valence-electron chi connectivity index (χ1n) is 5.17. The number of nitrogens with zero attached hydrogens (tertiary/aromatic N) is 1. The van der Waals surface area contributed by atoms with E-state index in [0.29, 0.717) is 0 Å². The van der Waals surface area contributed by atoms with E-state index in [1.54, 1.807) is 6.92 Å². The molecule has 0 saturated heterocycles. The van der Waals surface area contributed by atoms with Crippen molar-refractivity contribution < 1.29 is 18.8 Å². The van der Waals surface area contributed by atoms with E-state index in [1.807, 2.05) is 0 Å². The Hall–Kier alpha value is -2.44. The van der Waals surface area contributed by atoms with Gasteiger partial charge in [0.25, 0.3) is 5.69 Å². The largest absolute Gasteiger partial charge is 0.461 e. The lowest BCUT2D eigenvalue weighted by atomic mass is 10.2. The molecule has 0 amide bonds. The number of non-ortho nitro benzene ring substituents is 1. The number of carbonyl (C=O) groups is 1. The molecule has 0 saturated carbocycles. The van der Waals surface area contributed by atoms with Crippen LogP contribution in [0.4, 0.5) is 10.1 Å². The summed E-state index contributed by atoms with van der Waals surface area (Å²) in [6.45, 7) is 1.79. The van der Waals surface area contributed by atoms with Gasteiger partial charge in [-0.25, -0.2) is 9.18 Å². The number of esters is 1. The van der Waals surface area contributed by atoms with Gasteiger partial charge in [-0.15, -0.1) is 0 Å². The fraction of sp³-hybridized carbons (Fsp3) is 0.182. The molecule has 7 heteroatoms. The van der Waals surface area contributed by atoms with Gasteiger partial charge in [-0.2, -0.15) is 0 Å². The fourth-order valence-corrected chi connectivity index (χ4v) is 1.65. The topological polar surface area (TPSA) is 85.2 Å². The van der Waals surface area contributed by atoms with Gasteiger partial charge in [0.15, 0.2) is 0 Å². The van der Waals surface area contributed by atoms with Crippen LogP contribution in [0.5, 0.6) is 0 Å². The van der Waals surface area contributed by atoms with Gasteiger partial charge in [0.1, 0.15) is 11.5 Å². The first-order chi connectivity index (χ1) is 8.54. The van der Waals surface area contributed by atoms with E-state index in [9.17, 15) is 19.3 Å². The van der Waals surface area contributed by atoms with Gasteiger partial charge >= 0.3 is 5.97 Å². The molecule has 0 unspecified atom stereocenters. The van der Waals surface area contributed by atoms with E-state index in [4.69, 9.17) is 4.74 Å². The van der Waals surface area contributed by atoms with Crippen molar-refractivity contribution in [3.63, 3.8) is 0 Å². The average molecular weight is 252 g/mol. The fourth-order valence-electron chi connectivity index (χ4n) is 1.65. The lowest BCUT2D eigenvalue weighted by Crippen LogP contribution is -2.04. The van der Waals surface area contributed by atoms with Gasteiger partial charge < -0.3 is 9.72 Å². The number of carbonyl (C=O) groups excluding carboxylic acids is 1. The van der Waals surface area contributed by atoms with Crippen molar-refractivity contribution in [3.8, 4) is 0 Å². The number of aromatic amines is 1. The molecule has 2 aromatic rings. The SMILES string of the molecule is CCOC(=O)c1cc2c([N+](=O)[O-])ccc(F)c2[nH]1. The summed E-state index contributed by atoms with van der Waals surface area (Å²) in [5.74, 6) is -1.34. The number of rotatable bonds is 3. The van der Waals surface area contributed by atoms with Gasteiger partial charge in [0, 0.05) is 6.07 Å². The van der Waals surface area contributed by atoms with Crippen molar-refractivity contribution in [3.05, 3.63) is 39.8 Å². The standard InChI is InChI=1S/C11H9FN2O4/c1-2-18-11(15)8-5-6-9(14(16)17)4-3-7(12)10(6)13-8/h3-5,13H,2H2,1H3. The number of ether oxygens (including phenoxy) is 1. The number of H-pyrrole nitrogens is 1. The highest BCUT2D eigenvalue weighted by atomic mass is 19.1. The molecule has 1 heterocycles. The number of benzene rings is 1. The quantitative estimate of drug-likeness (QED) is 0.516. The molecule has 1 N–H and O–H groups in total. The Morgan fingerprint density at radius 1 is 1.56 bits per heavy atom. The maximum Gasteiger partial charge on any atom is 0.354 e. The molecule has 1 aromatic carbocycles. The molecule has 94 valence electrons. The second kappa shape index (κ2) is 4.44. The van der Waals surface area contributed by atoms with E-state index in [-0.39, 0.29) is 28.9 Å². The van der Waals surface area contributed by atoms with Crippen LogP contribution >= 0.6 is 0 Å². The number of nitro groups is 1. The Morgan fingerprint density at radius 3 is 2.89 bits per heavy atom. The second-order valence-corrected chi connectivity index (χ2v) is 3.52. The van der Waals surface area contributed by atoms with Crippen LogP contribution in [0.2, 0.25) is 0 Å². The van der Waals surface area contributed by atoms with E-state index in [2.05, 4.69) is 4.98 Å². The third-order valence-electron chi connectivity index (χ3n) is 2.41. The summed E-state index contributed by atoms with van der Waals surface area (Å²) in [7, 11) is 0. The lowest BCUT2D eigenvalue weighted by molar-refractivity contribution is -0.383. The molecule has 0 bridgehead atoms. The number of fused-ring (bicyclic) bond motifs is 1. The zero-order chi connectivity index (χ0) is 13.3. The third kappa shape index (κ3) is 1.90. The number of nitro benzene ring substituents is 1. The first-order valence-corrected chi connectivity index (χ1v) is 5.17. The Bertz CT molecular complexity index is 635. The predicted molar refractivity (Wildman–Crippen MR) is 60.9 cm³/mol. The summed E-state index contributed by atoms with van der Waals surface area (Å²) in [6.07, 6.45) is 0. The molecular formula is C11H9FN2O4. The molecule has 0 fully saturated rings. The summed E-state index contributed by atoms with van der Waals surface area (Å²) >= 11 is 0. The summed E-state index contributed by atoms with van der Waals surface area (Å²) in [5.41, 5.74) is -0.356. The van der Waals surface area contributed by atoms with Crippen LogP contribution in [0, 0.1) is 15.9 Å². The highest BCUT2D eigenvalue weighted by Gasteiger charge is 2.20. The highest BCUT2D eigenvalue weighted by molar-refractivity contribution is 5.98. The molecule has 0 aliphatic rings. The minimum atomic E-state index is -0.678. The monoisotopic (exact) mass is 252 g/mol. The highest BCUT2D eigenvalue weighted by Crippen LogP contribution is 2.28. The molecule has 6 nitrogen and oxygen atoms in total. The summed E-state index contributed by atoms with van der Waals surface area (Å²) in [6, 6.07) is 3.25. The maximum atomic E-state index is 13.5. The minimum Gasteiger partial charge on any atom is -0.461 e. The number of nitrogens with one attached hydrogen (secondary N) is 1. The van der Waals surface area contributed by atoms with Crippen LogP contribution < -0.4 is 0 Å². The van der Waals surface area contributed by atoms with Gasteiger partial charge in [-0.1, -0.05) is 0 Å². The van der Waals surface area contributed by atoms with E-state index >= 15 is 0 Å². The second-order valence-electron chi connectivity index (χ2n) is 3.52. The van der Waals surface area contributed by atoms with Gasteiger partial charge in [0.2, 0.25) is 0 Å². The van der Waals surface area contributed by atoms with Crippen molar-refractivity contribution >= 4 is 22.6 Å². The van der Waals surface area contributed by atoms with Crippen molar-refractivity contribution in [1.82, 2.24) is 4.98 Å². The number of hydrogen-bond acceptors (Lipinski definition) is 4. The first kappa shape index (κ1) is 12.0. The van der Waals surface area contributed by atoms with Gasteiger partial charge in [-0.05, 0) is 19.1 Å². The van der Waals surface area contributed by atoms with Crippen LogP contribution in [-0.4, -0.2) is 22.5 Å². The average Bonchev–Trinajstić information content (AvgIpc) is 2.75. The van der Waals surface area contributed by atoms with Crippen LogP contribution in [0.25, 0.3) is 10.9 Å². The lowest BCUT2D eigenvalue weighted by Gasteiger charge is -1.96. The normalized spacial score (nSPS) is 10.6. The zero-order valence-corrected chi connectivity index (χ0v) is 9.40. The third-order valence-corrected chi connectivity index (χ3v) is 2.41. The molecule has 0 spiro atoms. The van der Waals surface area contributed by atoms with E-state index in [0.717, 1.165) is 12.1 Å². The number of aromatic nitrogens is 1. The van der Waals surface area contributed by atoms with Crippen LogP contribution in [0.15, 0.2) is 18.2 Å². The van der Waals surface area contributed by atoms with Crippen molar-refractivity contribution in [1.29, 1.82) is 0 Å². The Kier molecular flexibility index (Phi) is 2.97. The molecular weight excluding hydrogens is 243 g/mol. The summed E-state index contributed by atoms with van der Waals surface area (Å²) < 4.78 is 18.2. The number of hydrogen-bond donors (Lipinski definition) is 1. The Balaban J connectivity index is 2.62. The predicted octanol–water partition coefficient (Wildman–Crippen LogP) is 2.39. The van der Waals surface area contributed by atoms with E-state index in [1.165, 1.54) is 6.07 Å². The van der Waals surface area contributed by atoms with Crippen molar-refractivity contribution in [2.75, 3.05) is 6.61 Å². The summed E-state index contributed by atoms with van der Waals surface area (Å²) in [5, 5.41) is 10.8. The molecule has 2 rings (SSSR count). The van der Waals surface area contributed by atoms with Gasteiger partial charge in [-0.3, -0.25) is 10.1 Å². The summed E-state index contributed by atoms with van der Waals surface area (Å²) in [4.78, 5) is 24.1. The van der Waals surface area contributed by atoms with E-state index < -0.39 is 16.7 Å². The molecule has 0 aliphatic heterocycles. The molecule has 0 radical (unpaired) electrons. The van der Waals surface area contributed by atoms with Crippen LogP contribution in [0.3, 0.4) is 0 Å². The van der Waals surface area contributed by atoms with Crippen molar-refractivity contribution in [2.45, 2.75) is 6.92 Å². The molecule has 1 aromatic heterocycles. The smallest absolute Gasteiger partial charge is 0.354 e. The zero-order valence-electron chi connectivity index (χ0n) is 9.40. The van der Waals surface area contributed by atoms with Crippen LogP contribution in [0.1, 0.15) is 17.4 Å². The Morgan fingerprint density at radius 2 is 2.28 bits per heavy atom.